The maximum absolute atomic E-state index is 4.44. The van der Waals surface area contributed by atoms with Crippen LogP contribution in [0.15, 0.2) is 23.8 Å². The first kappa shape index (κ1) is 25.9. The van der Waals surface area contributed by atoms with Gasteiger partial charge in [0.15, 0.2) is 0 Å². The first-order valence-corrected chi connectivity index (χ1v) is 12.2. The summed E-state index contributed by atoms with van der Waals surface area (Å²) in [6.07, 6.45) is 9.82. The van der Waals surface area contributed by atoms with Crippen LogP contribution >= 0.6 is 11.3 Å². The maximum Gasteiger partial charge on any atom is 0.0886 e. The molecule has 0 aromatic carbocycles. The topological polar surface area (TPSA) is 15.6 Å². The molecule has 1 rings (SSSR count). The first-order valence-electron chi connectivity index (χ1n) is 11.4. The summed E-state index contributed by atoms with van der Waals surface area (Å²) < 4.78 is 0. The van der Waals surface area contributed by atoms with Crippen LogP contribution in [0, 0.1) is 11.8 Å². The number of nitrogens with zero attached hydrogens (tertiary/aromatic N) is 2. The van der Waals surface area contributed by atoms with Crippen molar-refractivity contribution in [3.8, 4) is 0 Å². The van der Waals surface area contributed by atoms with E-state index in [0.717, 1.165) is 6.54 Å². The van der Waals surface area contributed by atoms with Gasteiger partial charge in [0.25, 0.3) is 0 Å². The molecule has 3 heteroatoms. The lowest BCUT2D eigenvalue weighted by Crippen LogP contribution is -2.24. The fraction of sp³-hybridized carbons (Fsp3) is 0.731. The predicted octanol–water partition coefficient (Wildman–Crippen LogP) is 7.82. The highest BCUT2D eigenvalue weighted by Gasteiger charge is 2.33. The van der Waals surface area contributed by atoms with E-state index in [1.54, 1.807) is 21.5 Å². The molecule has 0 radical (unpaired) electrons. The Kier molecular flexibility index (Phi) is 10.1. The van der Waals surface area contributed by atoms with Crippen molar-refractivity contribution in [3.63, 3.8) is 0 Å². The summed E-state index contributed by atoms with van der Waals surface area (Å²) >= 11 is 2.08. The summed E-state index contributed by atoms with van der Waals surface area (Å²) in [5.74, 6) is 1.28. The van der Waals surface area contributed by atoms with Crippen LogP contribution in [0.25, 0.3) is 0 Å². The molecule has 1 aromatic rings. The van der Waals surface area contributed by atoms with Crippen molar-refractivity contribution in [1.29, 1.82) is 0 Å². The van der Waals surface area contributed by atoms with E-state index < -0.39 is 0 Å². The second-order valence-electron chi connectivity index (χ2n) is 10.3. The van der Waals surface area contributed by atoms with Gasteiger partial charge in [0.05, 0.1) is 6.34 Å². The Bertz CT molecular complexity index is 650. The summed E-state index contributed by atoms with van der Waals surface area (Å²) in [6, 6.07) is 2.54. The number of thiophene rings is 1. The van der Waals surface area contributed by atoms with E-state index in [4.69, 9.17) is 0 Å². The highest BCUT2D eigenvalue weighted by molar-refractivity contribution is 7.12. The summed E-state index contributed by atoms with van der Waals surface area (Å²) in [7, 11) is 1.96. The van der Waals surface area contributed by atoms with Crippen molar-refractivity contribution >= 4 is 17.7 Å². The molecule has 0 bridgehead atoms. The van der Waals surface area contributed by atoms with E-state index in [1.165, 1.54) is 32.1 Å². The molecule has 1 aromatic heterocycles. The Labute approximate surface area is 185 Å². The third-order valence-corrected chi connectivity index (χ3v) is 8.81. The van der Waals surface area contributed by atoms with E-state index >= 15 is 0 Å². The number of rotatable bonds is 13. The highest BCUT2D eigenvalue weighted by Crippen LogP contribution is 2.44. The van der Waals surface area contributed by atoms with Gasteiger partial charge in [-0.1, -0.05) is 74.8 Å². The standard InChI is InChI=1S/C26H46N2S/c1-11-28(10)19-27-17-15-13-12-14-16-22-18-23(25(6,7)20(2)3)29-24(22)26(8,9)21(4)5/h11,18-21H,1,12-17H2,2-10H3/b27-19+. The fourth-order valence-electron chi connectivity index (χ4n) is 3.13. The number of aryl methyl sites for hydroxylation is 1. The highest BCUT2D eigenvalue weighted by atomic mass is 32.1. The van der Waals surface area contributed by atoms with Gasteiger partial charge < -0.3 is 4.90 Å². The molecule has 0 aliphatic heterocycles. The Hall–Kier alpha value is -1.09. The molecule has 0 aliphatic rings. The van der Waals surface area contributed by atoms with E-state index in [1.807, 2.05) is 18.3 Å². The average molecular weight is 419 g/mol. The van der Waals surface area contributed by atoms with Crippen LogP contribution in [0.1, 0.15) is 96.4 Å². The second kappa shape index (κ2) is 11.3. The normalized spacial score (nSPS) is 13.1. The molecule has 0 unspecified atom stereocenters. The van der Waals surface area contributed by atoms with Crippen LogP contribution in [0.5, 0.6) is 0 Å². The van der Waals surface area contributed by atoms with Gasteiger partial charge in [-0.25, -0.2) is 0 Å². The van der Waals surface area contributed by atoms with E-state index in [2.05, 4.69) is 84.4 Å². The Morgan fingerprint density at radius 1 is 1.00 bits per heavy atom. The zero-order valence-corrected chi connectivity index (χ0v) is 21.5. The van der Waals surface area contributed by atoms with Crippen LogP contribution in [0.4, 0.5) is 0 Å². The van der Waals surface area contributed by atoms with Gasteiger partial charge in [-0.3, -0.25) is 4.99 Å². The minimum absolute atomic E-state index is 0.233. The molecular weight excluding hydrogens is 372 g/mol. The van der Waals surface area contributed by atoms with Crippen molar-refractivity contribution in [3.05, 3.63) is 34.2 Å². The Morgan fingerprint density at radius 2 is 1.59 bits per heavy atom. The largest absolute Gasteiger partial charge is 0.343 e. The van der Waals surface area contributed by atoms with Gasteiger partial charge >= 0.3 is 0 Å². The van der Waals surface area contributed by atoms with Crippen LogP contribution in [0.3, 0.4) is 0 Å². The maximum atomic E-state index is 4.44. The Balaban J connectivity index is 2.75. The van der Waals surface area contributed by atoms with Gasteiger partial charge in [-0.15, -0.1) is 11.3 Å². The number of hydrogen-bond acceptors (Lipinski definition) is 2. The molecule has 0 spiro atoms. The van der Waals surface area contributed by atoms with Crippen LogP contribution in [0.2, 0.25) is 0 Å². The minimum atomic E-state index is 0.233. The van der Waals surface area contributed by atoms with E-state index in [-0.39, 0.29) is 10.8 Å². The minimum Gasteiger partial charge on any atom is -0.343 e. The molecule has 0 aliphatic carbocycles. The van der Waals surface area contributed by atoms with Gasteiger partial charge in [-0.05, 0) is 48.9 Å². The van der Waals surface area contributed by atoms with Crippen molar-refractivity contribution in [2.75, 3.05) is 13.6 Å². The molecule has 0 saturated carbocycles. The SMILES string of the molecule is C=CN(C)/C=N/CCCCCCc1cc(C(C)(C)C(C)C)sc1C(C)(C)C(C)C. The molecule has 0 saturated heterocycles. The molecule has 0 atom stereocenters. The van der Waals surface area contributed by atoms with Crippen molar-refractivity contribution in [2.24, 2.45) is 16.8 Å². The van der Waals surface area contributed by atoms with Crippen LogP contribution < -0.4 is 0 Å². The molecule has 1 heterocycles. The quantitative estimate of drug-likeness (QED) is 0.181. The van der Waals surface area contributed by atoms with Gasteiger partial charge in [0.1, 0.15) is 0 Å². The molecule has 0 amide bonds. The first-order chi connectivity index (χ1) is 13.4. The monoisotopic (exact) mass is 418 g/mol. The second-order valence-corrected chi connectivity index (χ2v) is 11.3. The van der Waals surface area contributed by atoms with E-state index in [0.29, 0.717) is 11.8 Å². The van der Waals surface area contributed by atoms with Gasteiger partial charge in [-0.2, -0.15) is 0 Å². The number of hydrogen-bond donors (Lipinski definition) is 0. The summed E-state index contributed by atoms with van der Waals surface area (Å²) in [5, 5.41) is 0. The zero-order chi connectivity index (χ0) is 22.2. The predicted molar refractivity (Wildman–Crippen MR) is 134 cm³/mol. The molecule has 166 valence electrons. The van der Waals surface area contributed by atoms with E-state index in [9.17, 15) is 0 Å². The van der Waals surface area contributed by atoms with Crippen molar-refractivity contribution < 1.29 is 0 Å². The van der Waals surface area contributed by atoms with Gasteiger partial charge in [0.2, 0.25) is 0 Å². The smallest absolute Gasteiger partial charge is 0.0886 e. The lowest BCUT2D eigenvalue weighted by atomic mass is 9.77. The number of unbranched alkanes of at least 4 members (excludes halogenated alkanes) is 3. The van der Waals surface area contributed by atoms with Crippen LogP contribution in [-0.2, 0) is 17.3 Å². The zero-order valence-electron chi connectivity index (χ0n) is 20.6. The lowest BCUT2D eigenvalue weighted by Gasteiger charge is -2.30. The molecule has 29 heavy (non-hydrogen) atoms. The third-order valence-electron chi connectivity index (χ3n) is 6.95. The lowest BCUT2D eigenvalue weighted by molar-refractivity contribution is 0.376. The summed E-state index contributed by atoms with van der Waals surface area (Å²) in [5.41, 5.74) is 2.07. The summed E-state index contributed by atoms with van der Waals surface area (Å²) in [6.45, 7) is 23.7. The van der Waals surface area contributed by atoms with Crippen LogP contribution in [-0.4, -0.2) is 24.8 Å². The van der Waals surface area contributed by atoms with Gasteiger partial charge in [0, 0.05) is 34.2 Å². The Morgan fingerprint density at radius 3 is 2.14 bits per heavy atom. The fourth-order valence-corrected chi connectivity index (χ4v) is 4.84. The molecular formula is C26H46N2S. The average Bonchev–Trinajstić information content (AvgIpc) is 3.09. The van der Waals surface area contributed by atoms with Crippen molar-refractivity contribution in [2.45, 2.75) is 98.3 Å². The molecule has 2 nitrogen and oxygen atoms in total. The third kappa shape index (κ3) is 7.27. The van der Waals surface area contributed by atoms with Crippen molar-refractivity contribution in [1.82, 2.24) is 4.90 Å². The molecule has 0 fully saturated rings. The summed E-state index contributed by atoms with van der Waals surface area (Å²) in [4.78, 5) is 9.52. The number of aliphatic imine (C=N–C) groups is 1. The molecule has 0 N–H and O–H groups in total.